The number of carbonyl (C=O) groups is 1. The van der Waals surface area contributed by atoms with Gasteiger partial charge in [0.2, 0.25) is 5.75 Å². The molecule has 3 rings (SSSR count). The predicted octanol–water partition coefficient (Wildman–Crippen LogP) is 3.25. The average molecular weight is 346 g/mol. The fourth-order valence-electron chi connectivity index (χ4n) is 4.25. The second kappa shape index (κ2) is 7.33. The number of methoxy groups -OCH3 is 3. The molecule has 2 aliphatic carbocycles. The van der Waals surface area contributed by atoms with E-state index in [-0.39, 0.29) is 5.91 Å². The van der Waals surface area contributed by atoms with Crippen LogP contribution in [0.25, 0.3) is 0 Å². The van der Waals surface area contributed by atoms with Crippen LogP contribution in [0.5, 0.6) is 17.2 Å². The number of hydrogen-bond acceptors (Lipinski definition) is 5. The van der Waals surface area contributed by atoms with Gasteiger partial charge in [0.05, 0.1) is 21.3 Å². The van der Waals surface area contributed by atoms with Crippen LogP contribution in [0.4, 0.5) is 0 Å². The van der Waals surface area contributed by atoms with E-state index in [4.69, 9.17) is 14.2 Å². The first-order valence-electron chi connectivity index (χ1n) is 8.71. The van der Waals surface area contributed by atoms with E-state index >= 15 is 0 Å². The maximum atomic E-state index is 12.5. The monoisotopic (exact) mass is 346 g/mol. The Bertz CT molecular complexity index is 661. The van der Waals surface area contributed by atoms with E-state index in [1.807, 2.05) is 6.92 Å². The topological polar surface area (TPSA) is 69.2 Å². The van der Waals surface area contributed by atoms with Crippen molar-refractivity contribution in [1.29, 1.82) is 0 Å². The van der Waals surface area contributed by atoms with Gasteiger partial charge in [-0.1, -0.05) is 6.42 Å². The molecule has 1 amide bonds. The first-order valence-corrected chi connectivity index (χ1v) is 8.71. The number of nitrogens with one attached hydrogen (secondary N) is 1. The lowest BCUT2D eigenvalue weighted by molar-refractivity contribution is 0.0953. The van der Waals surface area contributed by atoms with Crippen molar-refractivity contribution in [2.24, 2.45) is 22.9 Å². The molecule has 0 heterocycles. The van der Waals surface area contributed by atoms with E-state index in [1.165, 1.54) is 47.0 Å². The Kier molecular flexibility index (Phi) is 5.16. The van der Waals surface area contributed by atoms with Crippen molar-refractivity contribution in [3.8, 4) is 17.2 Å². The molecule has 1 aromatic carbocycles. The van der Waals surface area contributed by atoms with E-state index in [0.717, 1.165) is 17.5 Å². The predicted molar refractivity (Wildman–Crippen MR) is 95.6 cm³/mol. The Balaban J connectivity index is 1.73. The molecule has 2 bridgehead atoms. The van der Waals surface area contributed by atoms with Crippen LogP contribution in [0, 0.1) is 17.8 Å². The number of hydrazone groups is 1. The Morgan fingerprint density at radius 3 is 2.24 bits per heavy atom. The molecular weight excluding hydrogens is 320 g/mol. The van der Waals surface area contributed by atoms with E-state index in [0.29, 0.717) is 28.7 Å². The minimum absolute atomic E-state index is 0.290. The molecule has 2 fully saturated rings. The summed E-state index contributed by atoms with van der Waals surface area (Å²) < 4.78 is 15.9. The summed E-state index contributed by atoms with van der Waals surface area (Å²) in [5.41, 5.74) is 4.11. The largest absolute Gasteiger partial charge is 0.493 e. The van der Waals surface area contributed by atoms with Crippen LogP contribution in [0.2, 0.25) is 0 Å². The van der Waals surface area contributed by atoms with Gasteiger partial charge in [-0.25, -0.2) is 5.43 Å². The molecule has 25 heavy (non-hydrogen) atoms. The number of nitrogens with zero attached hydrogens (tertiary/aromatic N) is 1. The van der Waals surface area contributed by atoms with Gasteiger partial charge in [-0.15, -0.1) is 0 Å². The minimum Gasteiger partial charge on any atom is -0.493 e. The quantitative estimate of drug-likeness (QED) is 0.634. The van der Waals surface area contributed by atoms with Crippen LogP contribution >= 0.6 is 0 Å². The van der Waals surface area contributed by atoms with Crippen molar-refractivity contribution < 1.29 is 19.0 Å². The van der Waals surface area contributed by atoms with Crippen LogP contribution in [-0.2, 0) is 0 Å². The van der Waals surface area contributed by atoms with Gasteiger partial charge in [-0.2, -0.15) is 5.10 Å². The Hall–Kier alpha value is -2.24. The van der Waals surface area contributed by atoms with Gasteiger partial charge in [0.1, 0.15) is 0 Å². The highest BCUT2D eigenvalue weighted by Crippen LogP contribution is 2.48. The number of fused-ring (bicyclic) bond motifs is 2. The van der Waals surface area contributed by atoms with Crippen LogP contribution < -0.4 is 19.6 Å². The SMILES string of the molecule is COc1cc(C(=O)NN=C(C)[C@H]2C[C@@H]3CC[C@@H]2C3)cc(OC)c1OC. The molecule has 0 aliphatic heterocycles. The third-order valence-corrected chi connectivity index (χ3v) is 5.54. The Labute approximate surface area is 148 Å². The lowest BCUT2D eigenvalue weighted by atomic mass is 9.86. The van der Waals surface area contributed by atoms with Crippen molar-refractivity contribution in [2.75, 3.05) is 21.3 Å². The second-order valence-electron chi connectivity index (χ2n) is 6.89. The molecule has 0 saturated heterocycles. The number of amides is 1. The van der Waals surface area contributed by atoms with Crippen molar-refractivity contribution in [2.45, 2.75) is 32.6 Å². The summed E-state index contributed by atoms with van der Waals surface area (Å²) in [6, 6.07) is 3.25. The van der Waals surface area contributed by atoms with Crippen molar-refractivity contribution in [3.63, 3.8) is 0 Å². The Morgan fingerprint density at radius 2 is 1.76 bits per heavy atom. The number of benzene rings is 1. The molecule has 6 nitrogen and oxygen atoms in total. The number of carbonyl (C=O) groups excluding carboxylic acids is 1. The highest BCUT2D eigenvalue weighted by molar-refractivity contribution is 5.96. The molecule has 6 heteroatoms. The first kappa shape index (κ1) is 17.6. The molecule has 1 aromatic rings. The first-order chi connectivity index (χ1) is 12.1. The van der Waals surface area contributed by atoms with Gasteiger partial charge in [0.15, 0.2) is 11.5 Å². The fourth-order valence-corrected chi connectivity index (χ4v) is 4.25. The molecule has 2 aliphatic rings. The van der Waals surface area contributed by atoms with Crippen LogP contribution in [0.15, 0.2) is 17.2 Å². The third-order valence-electron chi connectivity index (χ3n) is 5.54. The zero-order valence-electron chi connectivity index (χ0n) is 15.3. The minimum atomic E-state index is -0.290. The summed E-state index contributed by atoms with van der Waals surface area (Å²) in [6.07, 6.45) is 5.17. The van der Waals surface area contributed by atoms with Gasteiger partial charge in [-0.3, -0.25) is 4.79 Å². The number of rotatable bonds is 6. The van der Waals surface area contributed by atoms with Crippen molar-refractivity contribution >= 4 is 11.6 Å². The zero-order valence-corrected chi connectivity index (χ0v) is 15.3. The zero-order chi connectivity index (χ0) is 18.0. The second-order valence-corrected chi connectivity index (χ2v) is 6.89. The lowest BCUT2D eigenvalue weighted by Gasteiger charge is -2.21. The molecule has 0 radical (unpaired) electrons. The molecule has 0 unspecified atom stereocenters. The molecule has 136 valence electrons. The van der Waals surface area contributed by atoms with E-state index in [2.05, 4.69) is 10.5 Å². The lowest BCUT2D eigenvalue weighted by Crippen LogP contribution is -2.24. The van der Waals surface area contributed by atoms with Gasteiger partial charge in [0, 0.05) is 17.2 Å². The molecule has 3 atom stereocenters. The van der Waals surface area contributed by atoms with Gasteiger partial charge in [-0.05, 0) is 50.2 Å². The van der Waals surface area contributed by atoms with Gasteiger partial charge in [0.25, 0.3) is 5.91 Å². The fraction of sp³-hybridized carbons (Fsp3) is 0.579. The average Bonchev–Trinajstić information content (AvgIpc) is 3.27. The van der Waals surface area contributed by atoms with E-state index in [1.54, 1.807) is 12.1 Å². The summed E-state index contributed by atoms with van der Waals surface area (Å²) in [5, 5.41) is 4.36. The maximum Gasteiger partial charge on any atom is 0.271 e. The Morgan fingerprint density at radius 1 is 1.08 bits per heavy atom. The molecule has 0 spiro atoms. The number of ether oxygens (including phenoxy) is 3. The molecular formula is C19H26N2O4. The summed E-state index contributed by atoms with van der Waals surface area (Å²) in [7, 11) is 4.58. The van der Waals surface area contributed by atoms with E-state index in [9.17, 15) is 4.79 Å². The summed E-state index contributed by atoms with van der Waals surface area (Å²) in [6.45, 7) is 2.01. The normalized spacial score (nSPS) is 25.0. The molecule has 1 N–H and O–H groups in total. The van der Waals surface area contributed by atoms with Gasteiger partial charge < -0.3 is 14.2 Å². The highest BCUT2D eigenvalue weighted by atomic mass is 16.5. The standard InChI is InChI=1S/C19H26N2O4/c1-11(15-8-12-5-6-13(15)7-12)20-21-19(22)14-9-16(23-2)18(25-4)17(10-14)24-3/h9-10,12-13,15H,5-8H2,1-4H3,(H,21,22)/t12-,13-,15-/m1/s1. The third kappa shape index (κ3) is 3.43. The van der Waals surface area contributed by atoms with Crippen molar-refractivity contribution in [3.05, 3.63) is 17.7 Å². The molecule has 0 aromatic heterocycles. The summed E-state index contributed by atoms with van der Waals surface area (Å²) >= 11 is 0. The van der Waals surface area contributed by atoms with Crippen LogP contribution in [0.1, 0.15) is 43.0 Å². The van der Waals surface area contributed by atoms with Crippen molar-refractivity contribution in [1.82, 2.24) is 5.43 Å². The molecule has 2 saturated carbocycles. The highest BCUT2D eigenvalue weighted by Gasteiger charge is 2.40. The maximum absolute atomic E-state index is 12.5. The van der Waals surface area contributed by atoms with Crippen LogP contribution in [-0.4, -0.2) is 32.9 Å². The summed E-state index contributed by atoms with van der Waals surface area (Å²) in [5.74, 6) is 3.17. The summed E-state index contributed by atoms with van der Waals surface area (Å²) in [4.78, 5) is 12.5. The van der Waals surface area contributed by atoms with Crippen LogP contribution in [0.3, 0.4) is 0 Å². The smallest absolute Gasteiger partial charge is 0.271 e. The van der Waals surface area contributed by atoms with Gasteiger partial charge >= 0.3 is 0 Å². The van der Waals surface area contributed by atoms with E-state index < -0.39 is 0 Å². The number of hydrogen-bond donors (Lipinski definition) is 1.